The predicted molar refractivity (Wildman–Crippen MR) is 258 cm³/mol. The van der Waals surface area contributed by atoms with E-state index >= 15 is 0 Å². The summed E-state index contributed by atoms with van der Waals surface area (Å²) in [7, 11) is -10.9. The highest BCUT2D eigenvalue weighted by Crippen LogP contribution is 2.60. The summed E-state index contributed by atoms with van der Waals surface area (Å²) in [5.41, 5.74) is 4.57. The quantitative estimate of drug-likeness (QED) is 0.0121. The van der Waals surface area contributed by atoms with Crippen LogP contribution < -0.4 is 11.4 Å². The van der Waals surface area contributed by atoms with Crippen LogP contribution >= 0.6 is 15.6 Å². The Morgan fingerprint density at radius 2 is 1.41 bits per heavy atom. The number of hydrogen-bond acceptors (Lipinski definition) is 16. The number of phosphoric ester groups is 2. The van der Waals surface area contributed by atoms with Gasteiger partial charge in [-0.2, -0.15) is 9.29 Å². The van der Waals surface area contributed by atoms with Crippen molar-refractivity contribution in [2.75, 3.05) is 25.6 Å². The number of hydrogen-bond donors (Lipinski definition) is 6. The molecule has 1 aromatic heterocycles. The summed E-state index contributed by atoms with van der Waals surface area (Å²) in [6.45, 7) is 4.02. The number of nitrogens with zero attached hydrogens (tertiary/aromatic N) is 2. The van der Waals surface area contributed by atoms with Crippen LogP contribution in [0.4, 0.5) is 5.82 Å². The third-order valence-corrected chi connectivity index (χ3v) is 13.4. The molecule has 68 heavy (non-hydrogen) atoms. The van der Waals surface area contributed by atoms with Gasteiger partial charge in [-0.05, 0) is 56.9 Å². The van der Waals surface area contributed by atoms with E-state index in [1.807, 2.05) is 43.4 Å². The third-order valence-electron chi connectivity index (χ3n) is 10.8. The average molecular weight is 1000 g/mol. The van der Waals surface area contributed by atoms with Gasteiger partial charge in [0.1, 0.15) is 30.7 Å². The maximum absolute atomic E-state index is 12.8. The van der Waals surface area contributed by atoms with Crippen molar-refractivity contribution in [1.82, 2.24) is 9.55 Å². The number of anilines is 1. The molecule has 1 aromatic rings. The van der Waals surface area contributed by atoms with Crippen molar-refractivity contribution < 1.29 is 71.4 Å². The Labute approximate surface area is 401 Å². The Morgan fingerprint density at radius 1 is 0.809 bits per heavy atom. The van der Waals surface area contributed by atoms with Gasteiger partial charge in [0.25, 0.3) is 0 Å². The van der Waals surface area contributed by atoms with Crippen LogP contribution in [0.25, 0.3) is 0 Å². The number of nitrogen functional groups attached to an aromatic ring is 1. The van der Waals surface area contributed by atoms with Crippen molar-refractivity contribution in [2.45, 2.75) is 173 Å². The van der Waals surface area contributed by atoms with Crippen molar-refractivity contribution >= 4 is 33.4 Å². The van der Waals surface area contributed by atoms with Crippen LogP contribution in [0.5, 0.6) is 0 Å². The van der Waals surface area contributed by atoms with E-state index in [4.69, 9.17) is 29.0 Å². The molecule has 0 amide bonds. The number of aromatic nitrogens is 2. The van der Waals surface area contributed by atoms with Gasteiger partial charge in [0, 0.05) is 19.0 Å². The van der Waals surface area contributed by atoms with Crippen molar-refractivity contribution in [3.8, 4) is 0 Å². The standard InChI is InChI=1S/C47H77N3O16P2/c1-4-37(3)28-24-20-16-14-15-19-23-27-31-43(53)64-39(34-61-42(52)30-26-22-18-13-11-9-7-6-8-10-12-17-21-25-29-38(51)5-2)35-62-67(57,58)66-68(59,60)63-36-40-44(54)45(55)46(65-40)50-33-32-41(48)49-47(50)56/h7-10,13,17-18,21,25,29,32-33,37-40,44-46,51,54-55H,4-6,11-12,14-16,19-20,22-24,26-28,30-31,34-36H2,1-3H3,(H,57,58)(H,59,60)(H2,48,49,56)/b9-7-,10-8-,18-13-,21-17-,29-25+/t37?,38-,39+,40+,44+,45+,46+/m0/s1. The first-order chi connectivity index (χ1) is 32.5. The topological polar surface area (TPSA) is 286 Å². The van der Waals surface area contributed by atoms with Gasteiger partial charge in [0.2, 0.25) is 0 Å². The first-order valence-electron chi connectivity index (χ1n) is 23.8. The van der Waals surface area contributed by atoms with Gasteiger partial charge in [-0.25, -0.2) is 13.9 Å². The highest BCUT2D eigenvalue weighted by Gasteiger charge is 2.46. The van der Waals surface area contributed by atoms with Crippen LogP contribution in [0.15, 0.2) is 77.8 Å². The summed E-state index contributed by atoms with van der Waals surface area (Å²) in [6, 6.07) is 1.24. The van der Waals surface area contributed by atoms with Gasteiger partial charge < -0.3 is 45.1 Å². The Hall–Kier alpha value is -3.58. The number of aliphatic hydroxyl groups is 3. The lowest BCUT2D eigenvalue weighted by Crippen LogP contribution is -2.36. The number of rotatable bonds is 37. The molecule has 1 fully saturated rings. The van der Waals surface area contributed by atoms with Gasteiger partial charge in [0.15, 0.2) is 12.3 Å². The maximum Gasteiger partial charge on any atom is 0.481 e. The number of unbranched alkanes of at least 4 members (excludes halogenated alkanes) is 8. The molecule has 0 radical (unpaired) electrons. The monoisotopic (exact) mass is 1000 g/mol. The lowest BCUT2D eigenvalue weighted by molar-refractivity contribution is -0.161. The number of phosphoric acid groups is 2. The van der Waals surface area contributed by atoms with Gasteiger partial charge in [0.05, 0.1) is 19.3 Å². The number of aliphatic hydroxyl groups excluding tert-OH is 3. The fourth-order valence-corrected chi connectivity index (χ4v) is 8.68. The maximum atomic E-state index is 12.8. The van der Waals surface area contributed by atoms with Crippen LogP contribution in [-0.2, 0) is 46.3 Å². The molecule has 0 spiro atoms. The molecule has 19 nitrogen and oxygen atoms in total. The van der Waals surface area contributed by atoms with Crippen molar-refractivity contribution in [3.63, 3.8) is 0 Å². The number of ether oxygens (including phenoxy) is 3. The van der Waals surface area contributed by atoms with E-state index in [0.29, 0.717) is 25.7 Å². The van der Waals surface area contributed by atoms with Crippen molar-refractivity contribution in [2.24, 2.45) is 5.92 Å². The second-order valence-corrected chi connectivity index (χ2v) is 19.7. The Kier molecular flexibility index (Phi) is 30.9. The molecule has 2 heterocycles. The second kappa shape index (κ2) is 34.7. The molecule has 0 aliphatic carbocycles. The highest BCUT2D eigenvalue weighted by atomic mass is 31.3. The van der Waals surface area contributed by atoms with E-state index in [9.17, 15) is 48.6 Å². The number of esters is 2. The van der Waals surface area contributed by atoms with Crippen molar-refractivity contribution in [1.29, 1.82) is 0 Å². The van der Waals surface area contributed by atoms with E-state index in [-0.39, 0.29) is 18.7 Å². The number of carbonyl (C=O) groups is 2. The summed E-state index contributed by atoms with van der Waals surface area (Å²) >= 11 is 0. The molecule has 21 heteroatoms. The summed E-state index contributed by atoms with van der Waals surface area (Å²) in [5.74, 6) is -0.642. The average Bonchev–Trinajstić information content (AvgIpc) is 3.57. The fourth-order valence-electron chi connectivity index (χ4n) is 6.57. The molecule has 3 unspecified atom stereocenters. The van der Waals surface area contributed by atoms with Gasteiger partial charge >= 0.3 is 33.3 Å². The summed E-state index contributed by atoms with van der Waals surface area (Å²) < 4.78 is 56.6. The molecular formula is C47H77N3O16P2. The smallest absolute Gasteiger partial charge is 0.462 e. The zero-order valence-corrected chi connectivity index (χ0v) is 41.7. The second-order valence-electron chi connectivity index (χ2n) is 16.7. The zero-order chi connectivity index (χ0) is 50.2. The van der Waals surface area contributed by atoms with Crippen LogP contribution in [0.3, 0.4) is 0 Å². The molecule has 1 aliphatic heterocycles. The van der Waals surface area contributed by atoms with Gasteiger partial charge in [-0.3, -0.25) is 23.2 Å². The summed E-state index contributed by atoms with van der Waals surface area (Å²) in [6.07, 6.45) is 27.1. The Bertz CT molecular complexity index is 1910. The minimum Gasteiger partial charge on any atom is -0.462 e. The Morgan fingerprint density at radius 3 is 2.06 bits per heavy atom. The predicted octanol–water partition coefficient (Wildman–Crippen LogP) is 7.99. The molecule has 2 rings (SSSR count). The molecule has 386 valence electrons. The van der Waals surface area contributed by atoms with Gasteiger partial charge in [-0.15, -0.1) is 0 Å². The number of allylic oxidation sites excluding steroid dienone is 9. The minimum absolute atomic E-state index is 0.0283. The highest BCUT2D eigenvalue weighted by molar-refractivity contribution is 7.61. The van der Waals surface area contributed by atoms with Crippen molar-refractivity contribution in [3.05, 3.63) is 83.5 Å². The summed E-state index contributed by atoms with van der Waals surface area (Å²) in [4.78, 5) is 61.7. The van der Waals surface area contributed by atoms with Crippen LogP contribution in [0.1, 0.15) is 143 Å². The first kappa shape index (κ1) is 60.5. The van der Waals surface area contributed by atoms with E-state index < -0.39 is 89.8 Å². The van der Waals surface area contributed by atoms with Crippen LogP contribution in [0.2, 0.25) is 0 Å². The largest absolute Gasteiger partial charge is 0.481 e. The normalized spacial score (nSPS) is 20.9. The molecule has 0 aromatic carbocycles. The molecule has 1 saturated heterocycles. The SMILES string of the molecule is CCC(C)CCCCCCCCCCC(=O)O[C@H](COC(=O)CCC/C=C\C/C=C\C/C=C\C/C=C\C=C\[C@@H](O)CC)COP(=O)(O)OP(=O)(O)OC[C@H]1O[C@@H](n2ccc(N)nc2=O)[C@H](O)[C@@H]1O. The van der Waals surface area contributed by atoms with E-state index in [1.165, 1.54) is 38.2 Å². The molecule has 1 aliphatic rings. The zero-order valence-electron chi connectivity index (χ0n) is 39.9. The fraction of sp³-hybridized carbons (Fsp3) is 0.660. The van der Waals surface area contributed by atoms with E-state index in [0.717, 1.165) is 61.6 Å². The van der Waals surface area contributed by atoms with Crippen LogP contribution in [0, 0.1) is 5.92 Å². The summed E-state index contributed by atoms with van der Waals surface area (Å²) in [5, 5.41) is 30.4. The molecule has 7 N–H and O–H groups in total. The van der Waals surface area contributed by atoms with E-state index in [1.54, 1.807) is 6.08 Å². The molecular weight excluding hydrogens is 924 g/mol. The minimum atomic E-state index is -5.44. The molecule has 9 atom stereocenters. The lowest BCUT2D eigenvalue weighted by Gasteiger charge is -2.21. The number of nitrogens with two attached hydrogens (primary N) is 1. The van der Waals surface area contributed by atoms with Crippen LogP contribution in [-0.4, -0.2) is 96.9 Å². The molecule has 0 bridgehead atoms. The third kappa shape index (κ3) is 27.6. The Balaban J connectivity index is 1.85. The first-order valence-corrected chi connectivity index (χ1v) is 26.8. The lowest BCUT2D eigenvalue weighted by atomic mass is 9.99. The van der Waals surface area contributed by atoms with E-state index in [2.05, 4.69) is 41.4 Å². The number of carbonyl (C=O) groups excluding carboxylic acids is 2. The molecule has 0 saturated carbocycles. The van der Waals surface area contributed by atoms with Gasteiger partial charge in [-0.1, -0.05) is 139 Å².